The Morgan fingerprint density at radius 3 is 2.57 bits per heavy atom. The van der Waals surface area contributed by atoms with Crippen molar-refractivity contribution in [1.82, 2.24) is 9.97 Å². The molecule has 0 amide bonds. The van der Waals surface area contributed by atoms with Crippen LogP contribution in [0.15, 0.2) is 41.2 Å². The summed E-state index contributed by atoms with van der Waals surface area (Å²) in [5.41, 5.74) is 5.07. The van der Waals surface area contributed by atoms with Gasteiger partial charge in [0.25, 0.3) is 0 Å². The number of rotatable bonds is 2. The molecule has 4 rings (SSSR count). The summed E-state index contributed by atoms with van der Waals surface area (Å²) in [6.45, 7) is 1.24. The van der Waals surface area contributed by atoms with Gasteiger partial charge in [0.1, 0.15) is 6.10 Å². The van der Waals surface area contributed by atoms with E-state index in [2.05, 4.69) is 9.97 Å². The number of aliphatic hydroxyl groups is 1. The highest BCUT2D eigenvalue weighted by Crippen LogP contribution is 2.28. The fourth-order valence-electron chi connectivity index (χ4n) is 2.77. The van der Waals surface area contributed by atoms with Crippen molar-refractivity contribution >= 4 is 11.0 Å². The van der Waals surface area contributed by atoms with E-state index in [1.54, 1.807) is 12.1 Å². The SMILES string of the molecule is O=c1[nH]c2ccc(C(O)c3ccc4c(c3)COC4)cc2[nH]1. The van der Waals surface area contributed by atoms with Crippen LogP contribution >= 0.6 is 0 Å². The fraction of sp³-hybridized carbons (Fsp3) is 0.188. The summed E-state index contributed by atoms with van der Waals surface area (Å²) >= 11 is 0. The Morgan fingerprint density at radius 2 is 1.67 bits per heavy atom. The first-order valence-electron chi connectivity index (χ1n) is 6.80. The summed E-state index contributed by atoms with van der Waals surface area (Å²) in [4.78, 5) is 16.7. The highest BCUT2D eigenvalue weighted by molar-refractivity contribution is 5.75. The lowest BCUT2D eigenvalue weighted by Gasteiger charge is -2.12. The molecule has 106 valence electrons. The van der Waals surface area contributed by atoms with E-state index >= 15 is 0 Å². The topological polar surface area (TPSA) is 78.1 Å². The van der Waals surface area contributed by atoms with Crippen LogP contribution in [0.3, 0.4) is 0 Å². The van der Waals surface area contributed by atoms with Crippen LogP contribution in [0, 0.1) is 0 Å². The smallest absolute Gasteiger partial charge is 0.323 e. The minimum Gasteiger partial charge on any atom is -0.384 e. The van der Waals surface area contributed by atoms with E-state index in [0.717, 1.165) is 22.2 Å². The van der Waals surface area contributed by atoms with Gasteiger partial charge in [-0.25, -0.2) is 4.79 Å². The van der Waals surface area contributed by atoms with Crippen LogP contribution in [0.5, 0.6) is 0 Å². The molecule has 0 saturated carbocycles. The number of benzene rings is 2. The molecule has 1 unspecified atom stereocenters. The van der Waals surface area contributed by atoms with Crippen LogP contribution in [0.1, 0.15) is 28.4 Å². The van der Waals surface area contributed by atoms with Crippen LogP contribution in [-0.2, 0) is 18.0 Å². The Balaban J connectivity index is 1.75. The second-order valence-electron chi connectivity index (χ2n) is 5.31. The van der Waals surface area contributed by atoms with Gasteiger partial charge in [-0.05, 0) is 34.4 Å². The van der Waals surface area contributed by atoms with Crippen LogP contribution < -0.4 is 5.69 Å². The van der Waals surface area contributed by atoms with Gasteiger partial charge in [-0.1, -0.05) is 24.3 Å². The number of aromatic nitrogens is 2. The van der Waals surface area contributed by atoms with Crippen molar-refractivity contribution in [1.29, 1.82) is 0 Å². The first-order chi connectivity index (χ1) is 10.2. The van der Waals surface area contributed by atoms with Gasteiger partial charge in [0, 0.05) is 0 Å². The van der Waals surface area contributed by atoms with Crippen molar-refractivity contribution < 1.29 is 9.84 Å². The average Bonchev–Trinajstić information content (AvgIpc) is 3.09. The molecule has 3 aromatic rings. The number of aromatic amines is 2. The number of fused-ring (bicyclic) bond motifs is 2. The molecule has 2 aromatic carbocycles. The molecule has 0 aliphatic carbocycles. The average molecular weight is 282 g/mol. The number of aliphatic hydroxyl groups excluding tert-OH is 1. The predicted molar refractivity (Wildman–Crippen MR) is 77.9 cm³/mol. The number of hydrogen-bond acceptors (Lipinski definition) is 3. The molecule has 1 aromatic heterocycles. The van der Waals surface area contributed by atoms with E-state index in [1.807, 2.05) is 24.3 Å². The van der Waals surface area contributed by atoms with E-state index in [0.29, 0.717) is 18.7 Å². The molecule has 0 fully saturated rings. The maximum absolute atomic E-state index is 11.3. The third-order valence-corrected chi connectivity index (χ3v) is 3.92. The quantitative estimate of drug-likeness (QED) is 0.672. The molecule has 1 aliphatic heterocycles. The van der Waals surface area contributed by atoms with Crippen LogP contribution in [0.4, 0.5) is 0 Å². The number of ether oxygens (including phenoxy) is 1. The molecule has 0 radical (unpaired) electrons. The Labute approximate surface area is 120 Å². The zero-order valence-corrected chi connectivity index (χ0v) is 11.2. The van der Waals surface area contributed by atoms with Gasteiger partial charge in [0.05, 0.1) is 24.2 Å². The third-order valence-electron chi connectivity index (χ3n) is 3.92. The summed E-state index contributed by atoms with van der Waals surface area (Å²) in [6, 6.07) is 11.3. The lowest BCUT2D eigenvalue weighted by Crippen LogP contribution is -2.01. The standard InChI is InChI=1S/C16H14N2O3/c19-15(9-1-2-11-7-21-8-12(11)5-9)10-3-4-13-14(6-10)18-16(20)17-13/h1-6,15,19H,7-8H2,(H2,17,18,20). The number of imidazole rings is 1. The van der Waals surface area contributed by atoms with E-state index in [4.69, 9.17) is 4.74 Å². The molecule has 5 heteroatoms. The number of H-pyrrole nitrogens is 2. The zero-order chi connectivity index (χ0) is 14.4. The predicted octanol–water partition coefficient (Wildman–Crippen LogP) is 1.97. The Kier molecular flexibility index (Phi) is 2.70. The molecule has 0 spiro atoms. The Morgan fingerprint density at radius 1 is 0.952 bits per heavy atom. The lowest BCUT2D eigenvalue weighted by atomic mass is 9.98. The highest BCUT2D eigenvalue weighted by Gasteiger charge is 2.16. The van der Waals surface area contributed by atoms with Crippen LogP contribution in [-0.4, -0.2) is 15.1 Å². The van der Waals surface area contributed by atoms with E-state index in [1.165, 1.54) is 5.56 Å². The van der Waals surface area contributed by atoms with E-state index in [9.17, 15) is 9.90 Å². The second kappa shape index (κ2) is 4.58. The monoisotopic (exact) mass is 282 g/mol. The lowest BCUT2D eigenvalue weighted by molar-refractivity contribution is 0.134. The van der Waals surface area contributed by atoms with Gasteiger partial charge in [0.2, 0.25) is 0 Å². The summed E-state index contributed by atoms with van der Waals surface area (Å²) < 4.78 is 5.39. The van der Waals surface area contributed by atoms with Crippen molar-refractivity contribution in [2.24, 2.45) is 0 Å². The maximum atomic E-state index is 11.3. The molecule has 1 atom stereocenters. The van der Waals surface area contributed by atoms with Crippen LogP contribution in [0.2, 0.25) is 0 Å². The normalized spacial score (nSPS) is 15.3. The first kappa shape index (κ1) is 12.4. The number of hydrogen-bond donors (Lipinski definition) is 3. The summed E-state index contributed by atoms with van der Waals surface area (Å²) in [6.07, 6.45) is -0.723. The zero-order valence-electron chi connectivity index (χ0n) is 11.2. The minimum absolute atomic E-state index is 0.244. The van der Waals surface area contributed by atoms with Crippen molar-refractivity contribution in [3.05, 3.63) is 69.1 Å². The Bertz CT molecular complexity index is 879. The van der Waals surface area contributed by atoms with Crippen molar-refractivity contribution in [2.75, 3.05) is 0 Å². The molecule has 5 nitrogen and oxygen atoms in total. The molecule has 3 N–H and O–H groups in total. The summed E-state index contributed by atoms with van der Waals surface area (Å²) in [5, 5.41) is 10.5. The van der Waals surface area contributed by atoms with Gasteiger partial charge < -0.3 is 19.8 Å². The summed E-state index contributed by atoms with van der Waals surface area (Å²) in [7, 11) is 0. The van der Waals surface area contributed by atoms with Crippen molar-refractivity contribution in [3.8, 4) is 0 Å². The van der Waals surface area contributed by atoms with Crippen molar-refractivity contribution in [2.45, 2.75) is 19.3 Å². The molecular weight excluding hydrogens is 268 g/mol. The van der Waals surface area contributed by atoms with Gasteiger partial charge in [-0.15, -0.1) is 0 Å². The summed E-state index contributed by atoms with van der Waals surface area (Å²) in [5.74, 6) is 0. The fourth-order valence-corrected chi connectivity index (χ4v) is 2.77. The molecule has 0 saturated heterocycles. The largest absolute Gasteiger partial charge is 0.384 e. The highest BCUT2D eigenvalue weighted by atomic mass is 16.5. The molecule has 1 aliphatic rings. The molecular formula is C16H14N2O3. The first-order valence-corrected chi connectivity index (χ1v) is 6.80. The number of nitrogens with one attached hydrogen (secondary N) is 2. The van der Waals surface area contributed by atoms with Gasteiger partial charge >= 0.3 is 5.69 Å². The maximum Gasteiger partial charge on any atom is 0.323 e. The van der Waals surface area contributed by atoms with E-state index < -0.39 is 6.10 Å². The molecule has 0 bridgehead atoms. The van der Waals surface area contributed by atoms with Gasteiger partial charge in [-0.2, -0.15) is 0 Å². The third kappa shape index (κ3) is 2.07. The molecule has 2 heterocycles. The minimum atomic E-state index is -0.723. The van der Waals surface area contributed by atoms with Crippen LogP contribution in [0.25, 0.3) is 11.0 Å². The van der Waals surface area contributed by atoms with Crippen molar-refractivity contribution in [3.63, 3.8) is 0 Å². The Hall–Kier alpha value is -2.37. The molecule has 21 heavy (non-hydrogen) atoms. The van der Waals surface area contributed by atoms with E-state index in [-0.39, 0.29) is 5.69 Å². The second-order valence-corrected chi connectivity index (χ2v) is 5.31. The van der Waals surface area contributed by atoms with Gasteiger partial charge in [-0.3, -0.25) is 0 Å². The van der Waals surface area contributed by atoms with Gasteiger partial charge in [0.15, 0.2) is 0 Å².